The molecule has 4 atom stereocenters. The summed E-state index contributed by atoms with van der Waals surface area (Å²) >= 11 is 6.42. The van der Waals surface area contributed by atoms with E-state index in [1.54, 1.807) is 10.9 Å². The molecule has 10 nitrogen and oxygen atoms in total. The molecule has 2 N–H and O–H groups in total. The Morgan fingerprint density at radius 2 is 1.68 bits per heavy atom. The van der Waals surface area contributed by atoms with Crippen LogP contribution in [-0.2, 0) is 19.0 Å². The monoisotopic (exact) mass is 562 g/mol. The van der Waals surface area contributed by atoms with Gasteiger partial charge in [0.25, 0.3) is 5.91 Å². The number of fused-ring (bicyclic) bond motifs is 2. The van der Waals surface area contributed by atoms with Crippen LogP contribution in [0.25, 0.3) is 11.2 Å². The maximum Gasteiger partial charge on any atom is 0.252 e. The summed E-state index contributed by atoms with van der Waals surface area (Å²) in [5.74, 6) is -0.559. The van der Waals surface area contributed by atoms with E-state index in [4.69, 9.17) is 25.8 Å². The Morgan fingerprint density at radius 3 is 2.33 bits per heavy atom. The second-order valence-corrected chi connectivity index (χ2v) is 10.7. The molecule has 2 aliphatic heterocycles. The molecule has 0 bridgehead atoms. The largest absolute Gasteiger partial charge is 0.367 e. The van der Waals surface area contributed by atoms with Crippen LogP contribution in [-0.4, -0.2) is 62.6 Å². The van der Waals surface area contributed by atoms with Gasteiger partial charge in [-0.25, -0.2) is 4.98 Å². The lowest BCUT2D eigenvalue weighted by molar-refractivity contribution is -0.197. The van der Waals surface area contributed by atoms with Gasteiger partial charge in [-0.05, 0) is 43.5 Å². The number of hydrogen-bond donors (Lipinski definition) is 2. The second kappa shape index (κ2) is 10.8. The van der Waals surface area contributed by atoms with Gasteiger partial charge >= 0.3 is 0 Å². The first kappa shape index (κ1) is 26.6. The van der Waals surface area contributed by atoms with Gasteiger partial charge in [-0.15, -0.1) is 0 Å². The van der Waals surface area contributed by atoms with Crippen LogP contribution in [0.4, 0.5) is 5.82 Å². The Bertz CT molecular complexity index is 1460. The number of carbonyl (C=O) groups is 1. The summed E-state index contributed by atoms with van der Waals surface area (Å²) in [6.45, 7) is 6.52. The first-order valence-electron chi connectivity index (χ1n) is 13.4. The van der Waals surface area contributed by atoms with Gasteiger partial charge in [0, 0.05) is 19.0 Å². The molecule has 1 amide bonds. The molecule has 0 radical (unpaired) electrons. The summed E-state index contributed by atoms with van der Waals surface area (Å²) in [5, 5.41) is 6.34. The zero-order chi connectivity index (χ0) is 27.9. The number of rotatable bonds is 8. The molecule has 0 aliphatic carbocycles. The zero-order valence-corrected chi connectivity index (χ0v) is 23.2. The summed E-state index contributed by atoms with van der Waals surface area (Å²) < 4.78 is 20.2. The minimum atomic E-state index is -0.873. The maximum absolute atomic E-state index is 12.8. The lowest BCUT2D eigenvalue weighted by Crippen LogP contribution is -2.42. The number of hydrogen-bond acceptors (Lipinski definition) is 8. The smallest absolute Gasteiger partial charge is 0.252 e. The number of nitrogens with one attached hydrogen (secondary N) is 2. The summed E-state index contributed by atoms with van der Waals surface area (Å²) in [5.41, 5.74) is 3.34. The Hall–Kier alpha value is -3.57. The fraction of sp³-hybridized carbons (Fsp3) is 0.379. The van der Waals surface area contributed by atoms with Crippen molar-refractivity contribution < 1.29 is 19.0 Å². The van der Waals surface area contributed by atoms with Gasteiger partial charge < -0.3 is 24.8 Å². The van der Waals surface area contributed by atoms with Crippen molar-refractivity contribution >= 4 is 34.5 Å². The van der Waals surface area contributed by atoms with E-state index < -0.39 is 30.3 Å². The van der Waals surface area contributed by atoms with Crippen LogP contribution in [0.15, 0.2) is 67.0 Å². The summed E-state index contributed by atoms with van der Waals surface area (Å²) in [6, 6.07) is 20.6. The number of nitrogens with zero attached hydrogens (tertiary/aromatic N) is 4. The minimum absolute atomic E-state index is 0.0615. The highest BCUT2D eigenvalue weighted by atomic mass is 35.5. The third-order valence-electron chi connectivity index (χ3n) is 7.18. The predicted octanol–water partition coefficient (Wildman–Crippen LogP) is 4.28. The number of anilines is 1. The summed E-state index contributed by atoms with van der Waals surface area (Å²) in [6.07, 6.45) is -1.07. The Balaban J connectivity index is 1.32. The van der Waals surface area contributed by atoms with Gasteiger partial charge in [-0.1, -0.05) is 60.7 Å². The summed E-state index contributed by atoms with van der Waals surface area (Å²) in [4.78, 5) is 26.4. The average molecular weight is 563 g/mol. The van der Waals surface area contributed by atoms with Crippen molar-refractivity contribution in [1.82, 2.24) is 24.8 Å². The van der Waals surface area contributed by atoms with Crippen molar-refractivity contribution in [2.45, 2.75) is 57.0 Å². The van der Waals surface area contributed by atoms with Crippen molar-refractivity contribution in [2.75, 3.05) is 18.4 Å². The number of ether oxygens (including phenoxy) is 3. The predicted molar refractivity (Wildman–Crippen MR) is 150 cm³/mol. The third-order valence-corrected chi connectivity index (χ3v) is 7.35. The molecule has 11 heteroatoms. The van der Waals surface area contributed by atoms with Crippen molar-refractivity contribution in [3.8, 4) is 0 Å². The average Bonchev–Trinajstić information content (AvgIpc) is 3.60. The minimum Gasteiger partial charge on any atom is -0.367 e. The van der Waals surface area contributed by atoms with Crippen LogP contribution in [0.2, 0.25) is 5.28 Å². The van der Waals surface area contributed by atoms with Gasteiger partial charge in [0.2, 0.25) is 5.28 Å². The second-order valence-electron chi connectivity index (χ2n) is 10.3. The molecule has 2 aliphatic rings. The molecule has 0 unspecified atom stereocenters. The van der Waals surface area contributed by atoms with Crippen molar-refractivity contribution in [3.63, 3.8) is 0 Å². The molecule has 0 saturated carbocycles. The third kappa shape index (κ3) is 5.03. The van der Waals surface area contributed by atoms with E-state index in [1.165, 1.54) is 11.1 Å². The number of likely N-dealkylation sites (N-methyl/N-ethyl adjacent to an activating group) is 1. The molecule has 2 saturated heterocycles. The molecule has 2 fully saturated rings. The van der Waals surface area contributed by atoms with Crippen LogP contribution < -0.4 is 10.6 Å². The van der Waals surface area contributed by atoms with Crippen LogP contribution in [0, 0.1) is 0 Å². The molecule has 0 spiro atoms. The van der Waals surface area contributed by atoms with Gasteiger partial charge in [0.15, 0.2) is 35.1 Å². The molecule has 2 aromatic heterocycles. The van der Waals surface area contributed by atoms with E-state index in [0.717, 1.165) is 0 Å². The van der Waals surface area contributed by atoms with E-state index in [0.29, 0.717) is 30.1 Å². The number of aromatic nitrogens is 4. The highest BCUT2D eigenvalue weighted by Gasteiger charge is 2.58. The number of benzene rings is 2. The molecule has 4 heterocycles. The Labute approximate surface area is 237 Å². The Morgan fingerprint density at radius 1 is 1.02 bits per heavy atom. The number of imidazole rings is 1. The van der Waals surface area contributed by atoms with E-state index in [1.807, 2.05) is 57.2 Å². The molecule has 6 rings (SSSR count). The molecular weight excluding hydrogens is 532 g/mol. The van der Waals surface area contributed by atoms with Gasteiger partial charge in [-0.3, -0.25) is 9.36 Å². The first-order chi connectivity index (χ1) is 19.3. The lowest BCUT2D eigenvalue weighted by Gasteiger charge is -2.24. The quantitative estimate of drug-likeness (QED) is 0.306. The standard InChI is InChI=1S/C29H31ClN6O4/c1-4-31-26(37)22-21-23(40-29(2,3)39-21)27(38-22)36-16-33-20-24(34-28(30)35-25(20)36)32-15-19(17-11-7-5-8-12-17)18-13-9-6-10-14-18/h5-14,16,19,21-23,27H,4,15H2,1-3H3,(H,31,37)(H,32,34,35)/t21-,22+,23+,27+/m1/s1. The highest BCUT2D eigenvalue weighted by molar-refractivity contribution is 6.28. The van der Waals surface area contributed by atoms with Crippen molar-refractivity contribution in [2.24, 2.45) is 0 Å². The van der Waals surface area contributed by atoms with Crippen molar-refractivity contribution in [3.05, 3.63) is 83.4 Å². The molecule has 2 aromatic carbocycles. The first-order valence-corrected chi connectivity index (χ1v) is 13.7. The van der Waals surface area contributed by atoms with E-state index in [-0.39, 0.29) is 17.1 Å². The fourth-order valence-electron chi connectivity index (χ4n) is 5.48. The van der Waals surface area contributed by atoms with Crippen LogP contribution in [0.5, 0.6) is 0 Å². The van der Waals surface area contributed by atoms with E-state index in [9.17, 15) is 4.79 Å². The zero-order valence-electron chi connectivity index (χ0n) is 22.5. The van der Waals surface area contributed by atoms with E-state index >= 15 is 0 Å². The topological polar surface area (TPSA) is 112 Å². The van der Waals surface area contributed by atoms with Crippen LogP contribution >= 0.6 is 11.6 Å². The molecule has 4 aromatic rings. The van der Waals surface area contributed by atoms with Gasteiger partial charge in [-0.2, -0.15) is 9.97 Å². The maximum atomic E-state index is 12.8. The highest BCUT2D eigenvalue weighted by Crippen LogP contribution is 2.44. The molecule has 40 heavy (non-hydrogen) atoms. The molecular formula is C29H31ClN6O4. The normalized spacial score (nSPS) is 23.4. The number of carbonyl (C=O) groups excluding carboxylic acids is 1. The van der Waals surface area contributed by atoms with Crippen LogP contribution in [0.1, 0.15) is 44.0 Å². The number of amides is 1. The van der Waals surface area contributed by atoms with Crippen LogP contribution in [0.3, 0.4) is 0 Å². The van der Waals surface area contributed by atoms with Gasteiger partial charge in [0.05, 0.1) is 6.33 Å². The SMILES string of the molecule is CCNC(=O)[C@H]1O[C@H](n2cnc3c(NCC(c4ccccc4)c4ccccc4)nc(Cl)nc32)[C@H]2OC(C)(C)O[C@@H]21. The van der Waals surface area contributed by atoms with Crippen molar-refractivity contribution in [1.29, 1.82) is 0 Å². The van der Waals surface area contributed by atoms with Gasteiger partial charge in [0.1, 0.15) is 12.2 Å². The number of halogens is 1. The molecule has 208 valence electrons. The lowest BCUT2D eigenvalue weighted by atomic mass is 9.91. The fourth-order valence-corrected chi connectivity index (χ4v) is 5.65. The Kier molecular flexibility index (Phi) is 7.18. The van der Waals surface area contributed by atoms with E-state index in [2.05, 4.69) is 49.9 Å². The summed E-state index contributed by atoms with van der Waals surface area (Å²) in [7, 11) is 0.